The van der Waals surface area contributed by atoms with E-state index in [-0.39, 0.29) is 29.6 Å². The molecule has 0 radical (unpaired) electrons. The summed E-state index contributed by atoms with van der Waals surface area (Å²) < 4.78 is 28.1. The molecule has 39 heavy (non-hydrogen) atoms. The van der Waals surface area contributed by atoms with Crippen LogP contribution in [0.5, 0.6) is 0 Å². The lowest BCUT2D eigenvalue weighted by molar-refractivity contribution is 0.0182. The lowest BCUT2D eigenvalue weighted by Gasteiger charge is -2.35. The van der Waals surface area contributed by atoms with Gasteiger partial charge in [0.2, 0.25) is 5.95 Å². The van der Waals surface area contributed by atoms with Gasteiger partial charge in [-0.25, -0.2) is 19.2 Å². The molecule has 0 spiro atoms. The van der Waals surface area contributed by atoms with E-state index in [9.17, 15) is 14.0 Å². The van der Waals surface area contributed by atoms with Gasteiger partial charge in [0.25, 0.3) is 5.56 Å². The number of nitrogens with one attached hydrogen (secondary N) is 1. The Balaban J connectivity index is 1.75. The lowest BCUT2D eigenvalue weighted by Crippen LogP contribution is -2.42. The van der Waals surface area contributed by atoms with Gasteiger partial charge in [0.1, 0.15) is 11.4 Å². The largest absolute Gasteiger partial charge is 0.444 e. The van der Waals surface area contributed by atoms with Gasteiger partial charge in [-0.05, 0) is 64.3 Å². The van der Waals surface area contributed by atoms with Crippen molar-refractivity contribution >= 4 is 12.0 Å². The van der Waals surface area contributed by atoms with Gasteiger partial charge in [-0.3, -0.25) is 14.2 Å². The SMILES string of the molecule is COC[C@H](C)Nc1nccc(-c2c(-c3ccc(F)cc3)c(=O)n(C)n2C2CCN(C(=O)OC(C)(C)C)CC2)n1. The Labute approximate surface area is 227 Å². The average Bonchev–Trinajstić information content (AvgIpc) is 3.14. The lowest BCUT2D eigenvalue weighted by atomic mass is 10.0. The molecule has 1 aromatic carbocycles. The van der Waals surface area contributed by atoms with Crippen LogP contribution in [0, 0.1) is 5.82 Å². The number of methoxy groups -OCH3 is 1. The normalized spacial score (nSPS) is 15.3. The topological polar surface area (TPSA) is 104 Å². The van der Waals surface area contributed by atoms with Crippen molar-refractivity contribution < 1.29 is 18.7 Å². The van der Waals surface area contributed by atoms with E-state index in [1.54, 1.807) is 48.1 Å². The summed E-state index contributed by atoms with van der Waals surface area (Å²) in [7, 11) is 3.35. The molecule has 1 aliphatic rings. The number of ether oxygens (including phenoxy) is 2. The van der Waals surface area contributed by atoms with Crippen molar-refractivity contribution in [1.82, 2.24) is 24.2 Å². The highest BCUT2D eigenvalue weighted by Crippen LogP contribution is 2.35. The maximum atomic E-state index is 13.8. The van der Waals surface area contributed by atoms with E-state index in [0.29, 0.717) is 61.0 Å². The number of nitrogens with zero attached hydrogens (tertiary/aromatic N) is 5. The van der Waals surface area contributed by atoms with Crippen molar-refractivity contribution in [3.8, 4) is 22.5 Å². The first-order valence-corrected chi connectivity index (χ1v) is 13.1. The Morgan fingerprint density at radius 3 is 2.46 bits per heavy atom. The van der Waals surface area contributed by atoms with Gasteiger partial charge < -0.3 is 19.7 Å². The van der Waals surface area contributed by atoms with Crippen LogP contribution in [0.3, 0.4) is 0 Å². The van der Waals surface area contributed by atoms with Gasteiger partial charge in [-0.2, -0.15) is 0 Å². The predicted molar refractivity (Wildman–Crippen MR) is 147 cm³/mol. The molecule has 1 N–H and O–H groups in total. The molecule has 0 aliphatic carbocycles. The molecule has 4 rings (SSSR count). The van der Waals surface area contributed by atoms with E-state index >= 15 is 0 Å². The third-order valence-corrected chi connectivity index (χ3v) is 6.58. The first-order valence-electron chi connectivity index (χ1n) is 13.1. The molecule has 10 nitrogen and oxygen atoms in total. The maximum Gasteiger partial charge on any atom is 0.410 e. The molecule has 11 heteroatoms. The molecule has 3 aromatic rings. The summed E-state index contributed by atoms with van der Waals surface area (Å²) in [6.45, 7) is 8.94. The van der Waals surface area contributed by atoms with Crippen LogP contribution in [0.1, 0.15) is 46.6 Å². The van der Waals surface area contributed by atoms with E-state index in [2.05, 4.69) is 10.3 Å². The van der Waals surface area contributed by atoms with E-state index in [1.807, 2.05) is 32.4 Å². The van der Waals surface area contributed by atoms with Crippen molar-refractivity contribution in [2.24, 2.45) is 7.05 Å². The molecule has 0 bridgehead atoms. The van der Waals surface area contributed by atoms with Crippen LogP contribution in [0.4, 0.5) is 15.1 Å². The number of halogens is 1. The number of carbonyl (C=O) groups is 1. The second-order valence-electron chi connectivity index (χ2n) is 10.9. The van der Waals surface area contributed by atoms with E-state index in [0.717, 1.165) is 0 Å². The molecule has 210 valence electrons. The van der Waals surface area contributed by atoms with E-state index in [4.69, 9.17) is 14.5 Å². The molecule has 0 unspecified atom stereocenters. The number of anilines is 1. The summed E-state index contributed by atoms with van der Waals surface area (Å²) in [6, 6.07) is 7.54. The molecule has 1 saturated heterocycles. The second-order valence-corrected chi connectivity index (χ2v) is 10.9. The van der Waals surface area contributed by atoms with Crippen LogP contribution in [-0.2, 0) is 16.5 Å². The number of piperidine rings is 1. The minimum atomic E-state index is -0.574. The molecule has 0 saturated carbocycles. The Bertz CT molecular complexity index is 1350. The molecule has 1 fully saturated rings. The zero-order valence-corrected chi connectivity index (χ0v) is 23.4. The molecule has 2 aromatic heterocycles. The van der Waals surface area contributed by atoms with Crippen molar-refractivity contribution in [3.63, 3.8) is 0 Å². The zero-order chi connectivity index (χ0) is 28.3. The number of rotatable bonds is 7. The van der Waals surface area contributed by atoms with E-state index < -0.39 is 5.60 Å². The van der Waals surface area contributed by atoms with Crippen LogP contribution in [0.25, 0.3) is 22.5 Å². The zero-order valence-electron chi connectivity index (χ0n) is 23.4. The predicted octanol–water partition coefficient (Wildman–Crippen LogP) is 4.47. The maximum absolute atomic E-state index is 13.8. The summed E-state index contributed by atoms with van der Waals surface area (Å²) in [6.07, 6.45) is 2.55. The van der Waals surface area contributed by atoms with Gasteiger partial charge in [-0.15, -0.1) is 0 Å². The van der Waals surface area contributed by atoms with Gasteiger partial charge in [0, 0.05) is 39.5 Å². The summed E-state index contributed by atoms with van der Waals surface area (Å²) in [4.78, 5) is 37.1. The minimum Gasteiger partial charge on any atom is -0.444 e. The Kier molecular flexibility index (Phi) is 8.39. The van der Waals surface area contributed by atoms with Gasteiger partial charge in [-0.1, -0.05) is 12.1 Å². The standard InChI is InChI=1S/C28H37FN6O4/c1-18(17-38-6)31-26-30-14-11-22(32-26)24-23(19-7-9-20(29)10-8-19)25(36)33(5)35(24)21-12-15-34(16-13-21)27(37)39-28(2,3)4/h7-11,14,18,21H,12-13,15-17H2,1-6H3,(H,30,31,32)/t18-/m0/s1. The van der Waals surface area contributed by atoms with Crippen LogP contribution >= 0.6 is 0 Å². The number of amides is 1. The Hall–Kier alpha value is -3.73. The summed E-state index contributed by atoms with van der Waals surface area (Å²) in [5.41, 5.74) is 1.42. The van der Waals surface area contributed by atoms with Crippen molar-refractivity contribution in [2.45, 2.75) is 58.2 Å². The third kappa shape index (κ3) is 6.47. The molecular formula is C28H37FN6O4. The first-order chi connectivity index (χ1) is 18.5. The summed E-state index contributed by atoms with van der Waals surface area (Å²) >= 11 is 0. The van der Waals surface area contributed by atoms with E-state index in [1.165, 1.54) is 12.1 Å². The van der Waals surface area contributed by atoms with Crippen LogP contribution < -0.4 is 10.9 Å². The number of likely N-dealkylation sites (tertiary alicyclic amines) is 1. The minimum absolute atomic E-state index is 0.0306. The highest BCUT2D eigenvalue weighted by Gasteiger charge is 2.32. The Morgan fingerprint density at radius 1 is 1.18 bits per heavy atom. The van der Waals surface area contributed by atoms with Crippen LogP contribution in [0.15, 0.2) is 41.3 Å². The van der Waals surface area contributed by atoms with Crippen molar-refractivity contribution in [3.05, 3.63) is 52.7 Å². The Morgan fingerprint density at radius 2 is 1.85 bits per heavy atom. The number of hydrogen-bond acceptors (Lipinski definition) is 7. The number of benzene rings is 1. The number of aromatic nitrogens is 4. The second kappa shape index (κ2) is 11.6. The van der Waals surface area contributed by atoms with Crippen LogP contribution in [-0.4, -0.2) is 68.8 Å². The highest BCUT2D eigenvalue weighted by atomic mass is 19.1. The smallest absolute Gasteiger partial charge is 0.410 e. The fourth-order valence-corrected chi connectivity index (χ4v) is 4.87. The molecule has 1 aliphatic heterocycles. The monoisotopic (exact) mass is 540 g/mol. The summed E-state index contributed by atoms with van der Waals surface area (Å²) in [5, 5.41) is 3.23. The molecule has 3 heterocycles. The first kappa shape index (κ1) is 28.3. The molecule has 1 amide bonds. The van der Waals surface area contributed by atoms with Crippen molar-refractivity contribution in [1.29, 1.82) is 0 Å². The fraction of sp³-hybridized carbons (Fsp3) is 0.500. The highest BCUT2D eigenvalue weighted by molar-refractivity contribution is 5.79. The van der Waals surface area contributed by atoms with Crippen LogP contribution in [0.2, 0.25) is 0 Å². The van der Waals surface area contributed by atoms with Crippen molar-refractivity contribution in [2.75, 3.05) is 32.1 Å². The van der Waals surface area contributed by atoms with Gasteiger partial charge >= 0.3 is 6.09 Å². The average molecular weight is 541 g/mol. The number of hydrogen-bond donors (Lipinski definition) is 1. The van der Waals surface area contributed by atoms with Gasteiger partial charge in [0.15, 0.2) is 0 Å². The molecular weight excluding hydrogens is 503 g/mol. The quantitative estimate of drug-likeness (QED) is 0.472. The third-order valence-electron chi connectivity index (χ3n) is 6.58. The summed E-state index contributed by atoms with van der Waals surface area (Å²) in [5.74, 6) is 0.0245. The van der Waals surface area contributed by atoms with Gasteiger partial charge in [0.05, 0.1) is 29.6 Å². The number of carbonyl (C=O) groups excluding carboxylic acids is 1. The molecule has 1 atom stereocenters. The fourth-order valence-electron chi connectivity index (χ4n) is 4.87.